The Morgan fingerprint density at radius 3 is 1.95 bits per heavy atom. The van der Waals surface area contributed by atoms with Crippen LogP contribution in [0.25, 0.3) is 0 Å². The summed E-state index contributed by atoms with van der Waals surface area (Å²) in [4.78, 5) is 16.1. The maximum atomic E-state index is 11.6. The zero-order valence-corrected chi connectivity index (χ0v) is 12.2. The Labute approximate surface area is 125 Å². The highest BCUT2D eigenvalue weighted by Gasteiger charge is 2.08. The average Bonchev–Trinajstić information content (AvgIpc) is 2.55. The van der Waals surface area contributed by atoms with Gasteiger partial charge in [0.2, 0.25) is 0 Å². The minimum Gasteiger partial charge on any atom is -0.464 e. The third-order valence-electron chi connectivity index (χ3n) is 2.93. The molecule has 2 aromatic carbocycles. The molecule has 0 N–H and O–H groups in total. The number of ether oxygens (including phenoxy) is 1. The van der Waals surface area contributed by atoms with Crippen molar-refractivity contribution >= 4 is 11.7 Å². The molecule has 0 heterocycles. The van der Waals surface area contributed by atoms with Crippen LogP contribution in [0.4, 0.5) is 0 Å². The summed E-state index contributed by atoms with van der Waals surface area (Å²) in [5, 5.41) is 0. The highest BCUT2D eigenvalue weighted by Crippen LogP contribution is 2.11. The third kappa shape index (κ3) is 4.56. The predicted molar refractivity (Wildman–Crippen MR) is 84.6 cm³/mol. The van der Waals surface area contributed by atoms with Crippen LogP contribution in [-0.2, 0) is 9.53 Å². The van der Waals surface area contributed by atoms with E-state index in [9.17, 15) is 4.79 Å². The van der Waals surface area contributed by atoms with Crippen molar-refractivity contribution in [3.8, 4) is 0 Å². The van der Waals surface area contributed by atoms with Crippen LogP contribution >= 0.6 is 0 Å². The Kier molecular flexibility index (Phi) is 5.71. The molecule has 0 amide bonds. The largest absolute Gasteiger partial charge is 0.464 e. The number of benzene rings is 2. The van der Waals surface area contributed by atoms with Crippen molar-refractivity contribution in [2.45, 2.75) is 13.3 Å². The Morgan fingerprint density at radius 1 is 0.952 bits per heavy atom. The average molecular weight is 281 g/mol. The lowest BCUT2D eigenvalue weighted by atomic mass is 10.0. The highest BCUT2D eigenvalue weighted by atomic mass is 16.5. The molecule has 0 aromatic heterocycles. The number of carbonyl (C=O) groups is 1. The van der Waals surface area contributed by atoms with Crippen molar-refractivity contribution in [1.29, 1.82) is 0 Å². The van der Waals surface area contributed by atoms with Gasteiger partial charge in [-0.15, -0.1) is 0 Å². The molecule has 3 heteroatoms. The van der Waals surface area contributed by atoms with Crippen LogP contribution in [0.2, 0.25) is 0 Å². The maximum Gasteiger partial charge on any atom is 0.327 e. The van der Waals surface area contributed by atoms with Gasteiger partial charge in [0, 0.05) is 11.1 Å². The number of aliphatic imine (C=N–C) groups is 1. The summed E-state index contributed by atoms with van der Waals surface area (Å²) in [5.74, 6) is -0.291. The molecule has 108 valence electrons. The second kappa shape index (κ2) is 8.00. The molecular weight excluding hydrogens is 262 g/mol. The van der Waals surface area contributed by atoms with Crippen molar-refractivity contribution in [2.24, 2.45) is 4.99 Å². The lowest BCUT2D eigenvalue weighted by Crippen LogP contribution is -2.12. The Bertz CT molecular complexity index is 550. The van der Waals surface area contributed by atoms with Gasteiger partial charge in [-0.25, -0.2) is 0 Å². The van der Waals surface area contributed by atoms with Crippen molar-refractivity contribution in [1.82, 2.24) is 0 Å². The molecule has 21 heavy (non-hydrogen) atoms. The molecule has 2 aromatic rings. The lowest BCUT2D eigenvalue weighted by molar-refractivity contribution is -0.141. The van der Waals surface area contributed by atoms with Gasteiger partial charge in [0.05, 0.1) is 12.3 Å². The van der Waals surface area contributed by atoms with Crippen LogP contribution in [-0.4, -0.2) is 24.8 Å². The zero-order chi connectivity index (χ0) is 14.9. The lowest BCUT2D eigenvalue weighted by Gasteiger charge is -2.07. The Balaban J connectivity index is 2.23. The maximum absolute atomic E-state index is 11.6. The number of esters is 1. The summed E-state index contributed by atoms with van der Waals surface area (Å²) in [6, 6.07) is 19.7. The molecule has 0 fully saturated rings. The van der Waals surface area contributed by atoms with E-state index >= 15 is 0 Å². The highest BCUT2D eigenvalue weighted by molar-refractivity contribution is 6.13. The van der Waals surface area contributed by atoms with Crippen LogP contribution in [0.3, 0.4) is 0 Å². The summed E-state index contributed by atoms with van der Waals surface area (Å²) in [6.45, 7) is 2.45. The summed E-state index contributed by atoms with van der Waals surface area (Å²) in [6.07, 6.45) is 0.819. The number of hydrogen-bond donors (Lipinski definition) is 0. The van der Waals surface area contributed by atoms with Gasteiger partial charge in [-0.2, -0.15) is 0 Å². The summed E-state index contributed by atoms with van der Waals surface area (Å²) in [5.41, 5.74) is 2.80. The van der Waals surface area contributed by atoms with Crippen molar-refractivity contribution in [2.75, 3.05) is 13.2 Å². The Hall–Kier alpha value is -2.42. The van der Waals surface area contributed by atoms with E-state index in [2.05, 4.69) is 4.99 Å². The van der Waals surface area contributed by atoms with Crippen LogP contribution in [0, 0.1) is 0 Å². The topological polar surface area (TPSA) is 38.7 Å². The molecule has 0 aliphatic heterocycles. The van der Waals surface area contributed by atoms with E-state index in [1.807, 2.05) is 67.6 Å². The van der Waals surface area contributed by atoms with Gasteiger partial charge < -0.3 is 4.74 Å². The first kappa shape index (κ1) is 15.0. The standard InChI is InChI=1S/C18H19NO2/c1-2-13-21-17(20)14-19-18(15-9-5-3-6-10-15)16-11-7-4-8-12-16/h3-12H,2,13-14H2,1H3. The van der Waals surface area contributed by atoms with Gasteiger partial charge in [0.1, 0.15) is 6.54 Å². The van der Waals surface area contributed by atoms with E-state index in [0.29, 0.717) is 6.61 Å². The van der Waals surface area contributed by atoms with E-state index in [1.54, 1.807) is 0 Å². The first-order valence-corrected chi connectivity index (χ1v) is 7.12. The van der Waals surface area contributed by atoms with Gasteiger partial charge in [0.25, 0.3) is 0 Å². The minimum absolute atomic E-state index is 0.0408. The Morgan fingerprint density at radius 2 is 1.48 bits per heavy atom. The van der Waals surface area contributed by atoms with Crippen LogP contribution in [0.5, 0.6) is 0 Å². The monoisotopic (exact) mass is 281 g/mol. The van der Waals surface area contributed by atoms with Gasteiger partial charge in [-0.1, -0.05) is 67.6 Å². The summed E-state index contributed by atoms with van der Waals surface area (Å²) < 4.78 is 5.07. The predicted octanol–water partition coefficient (Wildman–Crippen LogP) is 3.48. The molecule has 0 aliphatic rings. The van der Waals surface area contributed by atoms with Crippen molar-refractivity contribution in [3.63, 3.8) is 0 Å². The second-order valence-electron chi connectivity index (χ2n) is 4.62. The van der Waals surface area contributed by atoms with E-state index < -0.39 is 0 Å². The first-order chi connectivity index (χ1) is 10.3. The molecule has 0 saturated heterocycles. The van der Waals surface area contributed by atoms with Gasteiger partial charge >= 0.3 is 5.97 Å². The number of hydrogen-bond acceptors (Lipinski definition) is 3. The third-order valence-corrected chi connectivity index (χ3v) is 2.93. The fraction of sp³-hybridized carbons (Fsp3) is 0.222. The fourth-order valence-corrected chi connectivity index (χ4v) is 1.95. The quantitative estimate of drug-likeness (QED) is 0.600. The van der Waals surface area contributed by atoms with E-state index in [4.69, 9.17) is 4.74 Å². The normalized spacial score (nSPS) is 9.95. The van der Waals surface area contributed by atoms with Gasteiger partial charge in [0.15, 0.2) is 0 Å². The molecule has 0 bridgehead atoms. The zero-order valence-electron chi connectivity index (χ0n) is 12.2. The number of rotatable bonds is 6. The van der Waals surface area contributed by atoms with Crippen molar-refractivity contribution in [3.05, 3.63) is 71.8 Å². The summed E-state index contributed by atoms with van der Waals surface area (Å²) in [7, 11) is 0. The minimum atomic E-state index is -0.291. The summed E-state index contributed by atoms with van der Waals surface area (Å²) >= 11 is 0. The van der Waals surface area contributed by atoms with E-state index in [-0.39, 0.29) is 12.5 Å². The van der Waals surface area contributed by atoms with Crippen LogP contribution in [0.1, 0.15) is 24.5 Å². The first-order valence-electron chi connectivity index (χ1n) is 7.12. The van der Waals surface area contributed by atoms with Crippen LogP contribution in [0.15, 0.2) is 65.7 Å². The van der Waals surface area contributed by atoms with Crippen LogP contribution < -0.4 is 0 Å². The smallest absolute Gasteiger partial charge is 0.327 e. The molecule has 0 saturated carbocycles. The van der Waals surface area contributed by atoms with Gasteiger partial charge in [-0.05, 0) is 6.42 Å². The molecule has 0 aliphatic carbocycles. The molecule has 0 spiro atoms. The molecule has 0 radical (unpaired) electrons. The fourth-order valence-electron chi connectivity index (χ4n) is 1.95. The van der Waals surface area contributed by atoms with E-state index in [1.165, 1.54) is 0 Å². The molecular formula is C18H19NO2. The molecule has 0 unspecified atom stereocenters. The molecule has 2 rings (SSSR count). The van der Waals surface area contributed by atoms with Gasteiger partial charge in [-0.3, -0.25) is 9.79 Å². The van der Waals surface area contributed by atoms with Crippen molar-refractivity contribution < 1.29 is 9.53 Å². The molecule has 0 atom stereocenters. The SMILES string of the molecule is CCCOC(=O)CN=C(c1ccccc1)c1ccccc1. The molecule has 3 nitrogen and oxygen atoms in total. The second-order valence-corrected chi connectivity index (χ2v) is 4.62. The number of nitrogens with zero attached hydrogens (tertiary/aromatic N) is 1. The van der Waals surface area contributed by atoms with E-state index in [0.717, 1.165) is 23.3 Å². The number of carbonyl (C=O) groups excluding carboxylic acids is 1.